The first kappa shape index (κ1) is 17.5. The van der Waals surface area contributed by atoms with E-state index in [1.807, 2.05) is 30.3 Å². The third kappa shape index (κ3) is 3.10. The maximum absolute atomic E-state index is 12.6. The van der Waals surface area contributed by atoms with E-state index in [2.05, 4.69) is 4.74 Å². The minimum atomic E-state index is -0.637. The van der Waals surface area contributed by atoms with Gasteiger partial charge in [-0.3, -0.25) is 9.69 Å². The number of benzene rings is 1. The van der Waals surface area contributed by atoms with E-state index in [1.54, 1.807) is 7.05 Å². The van der Waals surface area contributed by atoms with E-state index in [0.717, 1.165) is 5.56 Å². The molecule has 1 heterocycles. The Morgan fingerprint density at radius 2 is 1.71 bits per heavy atom. The number of hydrogen-bond acceptors (Lipinski definition) is 5. The van der Waals surface area contributed by atoms with Crippen molar-refractivity contribution in [2.45, 2.75) is 12.5 Å². The van der Waals surface area contributed by atoms with Gasteiger partial charge in [-0.1, -0.05) is 30.3 Å². The van der Waals surface area contributed by atoms with Gasteiger partial charge in [-0.25, -0.2) is 9.59 Å². The van der Waals surface area contributed by atoms with Gasteiger partial charge in [0, 0.05) is 19.8 Å². The first-order valence-corrected chi connectivity index (χ1v) is 7.36. The average molecular weight is 332 g/mol. The lowest BCUT2D eigenvalue weighted by molar-refractivity contribution is -0.140. The summed E-state index contributed by atoms with van der Waals surface area (Å²) in [7, 11) is 5.64. The van der Waals surface area contributed by atoms with Gasteiger partial charge in [-0.15, -0.1) is 0 Å². The number of carbonyl (C=O) groups excluding carboxylic acids is 3. The van der Waals surface area contributed by atoms with Gasteiger partial charge in [0.2, 0.25) is 0 Å². The summed E-state index contributed by atoms with van der Waals surface area (Å²) in [6, 6.07) is 8.16. The predicted molar refractivity (Wildman–Crippen MR) is 85.8 cm³/mol. The van der Waals surface area contributed by atoms with Gasteiger partial charge in [-0.05, 0) is 5.56 Å². The van der Waals surface area contributed by atoms with Crippen LogP contribution in [-0.2, 0) is 19.1 Å². The van der Waals surface area contributed by atoms with Crippen LogP contribution in [0.5, 0.6) is 0 Å². The first-order valence-electron chi connectivity index (χ1n) is 7.36. The van der Waals surface area contributed by atoms with Crippen LogP contribution >= 0.6 is 0 Å². The number of likely N-dealkylation sites (N-methyl/N-ethyl adjacent to an activating group) is 1. The topological polar surface area (TPSA) is 76.2 Å². The van der Waals surface area contributed by atoms with E-state index >= 15 is 0 Å². The Bertz CT molecular complexity index is 683. The zero-order chi connectivity index (χ0) is 17.9. The second kappa shape index (κ2) is 7.16. The van der Waals surface area contributed by atoms with Gasteiger partial charge >= 0.3 is 18.0 Å². The van der Waals surface area contributed by atoms with Gasteiger partial charge in [0.25, 0.3) is 0 Å². The molecule has 1 aromatic rings. The molecule has 1 aromatic carbocycles. The van der Waals surface area contributed by atoms with Gasteiger partial charge in [0.15, 0.2) is 0 Å². The molecule has 0 aliphatic carbocycles. The molecular formula is C17H20N2O5. The number of urea groups is 1. The Balaban J connectivity index is 2.66. The second-order valence-corrected chi connectivity index (χ2v) is 5.37. The summed E-state index contributed by atoms with van der Waals surface area (Å²) in [5, 5.41) is 0. The van der Waals surface area contributed by atoms with E-state index < -0.39 is 18.0 Å². The average Bonchev–Trinajstić information content (AvgIpc) is 2.61. The lowest BCUT2D eigenvalue weighted by atomic mass is 9.92. The van der Waals surface area contributed by atoms with Gasteiger partial charge in [-0.2, -0.15) is 0 Å². The van der Waals surface area contributed by atoms with Crippen LogP contribution in [-0.4, -0.2) is 56.1 Å². The van der Waals surface area contributed by atoms with Crippen molar-refractivity contribution in [3.63, 3.8) is 0 Å². The Morgan fingerprint density at radius 3 is 2.25 bits per heavy atom. The van der Waals surface area contributed by atoms with E-state index in [9.17, 15) is 14.4 Å². The summed E-state index contributed by atoms with van der Waals surface area (Å²) in [4.78, 5) is 39.5. The summed E-state index contributed by atoms with van der Waals surface area (Å²) in [6.45, 7) is 0. The number of ether oxygens (including phenoxy) is 2. The lowest BCUT2D eigenvalue weighted by Crippen LogP contribution is -2.48. The monoisotopic (exact) mass is 332 g/mol. The summed E-state index contributed by atoms with van der Waals surface area (Å²) < 4.78 is 9.59. The smallest absolute Gasteiger partial charge is 0.338 e. The van der Waals surface area contributed by atoms with E-state index in [4.69, 9.17) is 4.74 Å². The predicted octanol–water partition coefficient (Wildman–Crippen LogP) is 1.72. The normalized spacial score (nSPS) is 17.8. The molecule has 0 radical (unpaired) electrons. The van der Waals surface area contributed by atoms with Crippen LogP contribution < -0.4 is 0 Å². The Hall–Kier alpha value is -2.83. The minimum absolute atomic E-state index is 0.194. The molecule has 1 atom stereocenters. The van der Waals surface area contributed by atoms with Crippen LogP contribution in [0.3, 0.4) is 0 Å². The van der Waals surface area contributed by atoms with E-state index in [-0.39, 0.29) is 23.7 Å². The lowest BCUT2D eigenvalue weighted by Gasteiger charge is -2.40. The highest BCUT2D eigenvalue weighted by molar-refractivity contribution is 5.96. The fourth-order valence-electron chi connectivity index (χ4n) is 2.78. The van der Waals surface area contributed by atoms with Gasteiger partial charge < -0.3 is 14.4 Å². The van der Waals surface area contributed by atoms with Crippen molar-refractivity contribution in [1.82, 2.24) is 9.80 Å². The standard InChI is InChI=1S/C17H20N2O5/c1-18-12(10-13(20)23-3)14(16(21)24-4)15(19(2)17(18)22)11-8-6-5-7-9-11/h5-9,15H,10H2,1-4H3/t15-/m0/s1. The summed E-state index contributed by atoms with van der Waals surface area (Å²) >= 11 is 0. The highest BCUT2D eigenvalue weighted by atomic mass is 16.5. The summed E-state index contributed by atoms with van der Waals surface area (Å²) in [6.07, 6.45) is -0.194. The molecular weight excluding hydrogens is 312 g/mol. The zero-order valence-electron chi connectivity index (χ0n) is 14.1. The molecule has 0 saturated heterocycles. The molecule has 1 aliphatic heterocycles. The van der Waals surface area contributed by atoms with Gasteiger partial charge in [0.05, 0.1) is 32.3 Å². The summed E-state index contributed by atoms with van der Waals surface area (Å²) in [5.41, 5.74) is 1.29. The number of methoxy groups -OCH3 is 2. The number of carbonyl (C=O) groups is 3. The maximum Gasteiger partial charge on any atom is 0.338 e. The van der Waals surface area contributed by atoms with Crippen LogP contribution in [0.1, 0.15) is 18.0 Å². The fourth-order valence-corrected chi connectivity index (χ4v) is 2.78. The van der Waals surface area contributed by atoms with Crippen LogP contribution in [0, 0.1) is 0 Å². The minimum Gasteiger partial charge on any atom is -0.469 e. The van der Waals surface area contributed by atoms with Crippen molar-refractivity contribution in [3.8, 4) is 0 Å². The van der Waals surface area contributed by atoms with Crippen LogP contribution in [0.4, 0.5) is 4.79 Å². The molecule has 1 aliphatic rings. The van der Waals surface area contributed by atoms with Crippen molar-refractivity contribution in [3.05, 3.63) is 47.2 Å². The molecule has 0 N–H and O–H groups in total. The van der Waals surface area contributed by atoms with Crippen molar-refractivity contribution in [2.75, 3.05) is 28.3 Å². The molecule has 0 unspecified atom stereocenters. The molecule has 7 heteroatoms. The number of amides is 2. The van der Waals surface area contributed by atoms with Crippen LogP contribution in [0.25, 0.3) is 0 Å². The number of esters is 2. The molecule has 0 spiro atoms. The molecule has 2 amide bonds. The fraction of sp³-hybridized carbons (Fsp3) is 0.353. The molecule has 0 saturated carbocycles. The largest absolute Gasteiger partial charge is 0.469 e. The molecule has 128 valence electrons. The molecule has 0 bridgehead atoms. The third-order valence-electron chi connectivity index (χ3n) is 4.03. The van der Waals surface area contributed by atoms with Crippen molar-refractivity contribution in [2.24, 2.45) is 0 Å². The molecule has 2 rings (SSSR count). The van der Waals surface area contributed by atoms with E-state index in [1.165, 1.54) is 31.1 Å². The summed E-state index contributed by atoms with van der Waals surface area (Å²) in [5.74, 6) is -1.13. The van der Waals surface area contributed by atoms with Crippen molar-refractivity contribution >= 4 is 18.0 Å². The molecule has 24 heavy (non-hydrogen) atoms. The third-order valence-corrected chi connectivity index (χ3v) is 4.03. The molecule has 0 aromatic heterocycles. The van der Waals surface area contributed by atoms with Crippen molar-refractivity contribution in [1.29, 1.82) is 0 Å². The first-order chi connectivity index (χ1) is 11.4. The van der Waals surface area contributed by atoms with E-state index in [0.29, 0.717) is 0 Å². The van der Waals surface area contributed by atoms with Crippen molar-refractivity contribution < 1.29 is 23.9 Å². The Kier molecular flexibility index (Phi) is 5.23. The van der Waals surface area contributed by atoms with Crippen LogP contribution in [0.15, 0.2) is 41.6 Å². The number of nitrogens with zero attached hydrogens (tertiary/aromatic N) is 2. The SMILES string of the molecule is COC(=O)CC1=C(C(=O)OC)[C@H](c2ccccc2)N(C)C(=O)N1C. The Morgan fingerprint density at radius 1 is 1.08 bits per heavy atom. The maximum atomic E-state index is 12.6. The molecule has 0 fully saturated rings. The highest BCUT2D eigenvalue weighted by Crippen LogP contribution is 2.37. The quantitative estimate of drug-likeness (QED) is 0.785. The zero-order valence-corrected chi connectivity index (χ0v) is 14.1. The number of rotatable bonds is 4. The molecule has 7 nitrogen and oxygen atoms in total. The van der Waals surface area contributed by atoms with Crippen LogP contribution in [0.2, 0.25) is 0 Å². The Labute approximate surface area is 140 Å². The van der Waals surface area contributed by atoms with Gasteiger partial charge in [0.1, 0.15) is 0 Å². The highest BCUT2D eigenvalue weighted by Gasteiger charge is 2.41. The second-order valence-electron chi connectivity index (χ2n) is 5.37. The number of hydrogen-bond donors (Lipinski definition) is 0.